The smallest absolute Gasteiger partial charge is 0.157 e. The molecule has 0 N–H and O–H groups in total. The van der Waals surface area contributed by atoms with E-state index in [2.05, 4.69) is 4.98 Å². The lowest BCUT2D eigenvalue weighted by atomic mass is 9.72. The molecule has 1 heterocycles. The van der Waals surface area contributed by atoms with Crippen molar-refractivity contribution in [2.24, 2.45) is 0 Å². The van der Waals surface area contributed by atoms with Gasteiger partial charge in [-0.1, -0.05) is 11.6 Å². The molecule has 0 amide bonds. The number of carbonyl (C=O) groups is 1. The van der Waals surface area contributed by atoms with Crippen molar-refractivity contribution in [3.8, 4) is 0 Å². The predicted molar refractivity (Wildman–Crippen MR) is 51.4 cm³/mol. The molecule has 1 aliphatic carbocycles. The number of hydrogen-bond donors (Lipinski definition) is 0. The molecule has 0 aliphatic heterocycles. The van der Waals surface area contributed by atoms with Gasteiger partial charge in [0.2, 0.25) is 0 Å². The Hall–Kier alpha value is -0.825. The van der Waals surface area contributed by atoms with E-state index in [0.29, 0.717) is 17.1 Å². The molecule has 2 rings (SSSR count). The van der Waals surface area contributed by atoms with Crippen LogP contribution in [0.5, 0.6) is 0 Å². The van der Waals surface area contributed by atoms with Crippen LogP contribution in [-0.4, -0.2) is 18.6 Å². The molecule has 13 heavy (non-hydrogen) atoms. The molecule has 1 atom stereocenters. The first-order chi connectivity index (χ1) is 6.18. The highest BCUT2D eigenvalue weighted by atomic mass is 35.5. The molecule has 4 heteroatoms. The Labute approximate surface area is 82.7 Å². The van der Waals surface area contributed by atoms with Crippen molar-refractivity contribution < 1.29 is 4.79 Å². The minimum absolute atomic E-state index is 0.0226. The van der Waals surface area contributed by atoms with Gasteiger partial charge in [0.25, 0.3) is 0 Å². The van der Waals surface area contributed by atoms with E-state index in [1.54, 1.807) is 12.3 Å². The van der Waals surface area contributed by atoms with Crippen LogP contribution in [0, 0.1) is 0 Å². The van der Waals surface area contributed by atoms with E-state index in [1.165, 1.54) is 0 Å². The Bertz CT molecular complexity index is 367. The van der Waals surface area contributed by atoms with Gasteiger partial charge in [-0.3, -0.25) is 4.79 Å². The summed E-state index contributed by atoms with van der Waals surface area (Å²) in [6, 6.07) is 1.60. The SMILES string of the molecule is [B]C1CCc2cnc(Cl)cc2C1=O. The van der Waals surface area contributed by atoms with Gasteiger partial charge in [0, 0.05) is 11.8 Å². The second-order valence-corrected chi connectivity index (χ2v) is 3.56. The molecule has 1 aromatic heterocycles. The summed E-state index contributed by atoms with van der Waals surface area (Å²) in [5.41, 5.74) is 1.59. The lowest BCUT2D eigenvalue weighted by molar-refractivity contribution is 0.0973. The second-order valence-electron chi connectivity index (χ2n) is 3.17. The highest BCUT2D eigenvalue weighted by Crippen LogP contribution is 2.27. The second kappa shape index (κ2) is 3.15. The summed E-state index contributed by atoms with van der Waals surface area (Å²) in [6.07, 6.45) is 3.17. The van der Waals surface area contributed by atoms with Gasteiger partial charge in [-0.2, -0.15) is 0 Å². The predicted octanol–water partition coefficient (Wildman–Crippen LogP) is 1.82. The van der Waals surface area contributed by atoms with Crippen molar-refractivity contribution in [1.82, 2.24) is 4.98 Å². The molecular weight excluding hydrogens is 184 g/mol. The summed E-state index contributed by atoms with van der Waals surface area (Å²) >= 11 is 5.69. The highest BCUT2D eigenvalue weighted by Gasteiger charge is 2.23. The molecule has 0 bridgehead atoms. The van der Waals surface area contributed by atoms with E-state index in [4.69, 9.17) is 19.4 Å². The van der Waals surface area contributed by atoms with Gasteiger partial charge in [-0.05, 0) is 30.3 Å². The number of aryl methyl sites for hydroxylation is 1. The average Bonchev–Trinajstić information content (AvgIpc) is 2.12. The number of halogens is 1. The van der Waals surface area contributed by atoms with E-state index >= 15 is 0 Å². The van der Waals surface area contributed by atoms with Crippen LogP contribution in [0.15, 0.2) is 12.3 Å². The van der Waals surface area contributed by atoms with Gasteiger partial charge in [0.1, 0.15) is 5.15 Å². The van der Waals surface area contributed by atoms with Crippen molar-refractivity contribution in [2.45, 2.75) is 18.7 Å². The van der Waals surface area contributed by atoms with Crippen LogP contribution in [0.2, 0.25) is 11.0 Å². The Morgan fingerprint density at radius 1 is 1.62 bits per heavy atom. The zero-order chi connectivity index (χ0) is 9.42. The van der Waals surface area contributed by atoms with Crippen LogP contribution in [0.3, 0.4) is 0 Å². The van der Waals surface area contributed by atoms with Crippen LogP contribution in [0.1, 0.15) is 22.3 Å². The van der Waals surface area contributed by atoms with Gasteiger partial charge >= 0.3 is 0 Å². The molecule has 2 radical (unpaired) electrons. The standard InChI is InChI=1S/C9H7BClNO/c10-7-2-1-5-4-12-8(11)3-6(5)9(7)13/h3-4,7H,1-2H2. The normalized spacial score (nSPS) is 21.3. The van der Waals surface area contributed by atoms with E-state index in [0.717, 1.165) is 12.0 Å². The number of ketones is 1. The fourth-order valence-corrected chi connectivity index (χ4v) is 1.69. The van der Waals surface area contributed by atoms with Crippen LogP contribution >= 0.6 is 11.6 Å². The van der Waals surface area contributed by atoms with Crippen molar-refractivity contribution >= 4 is 25.2 Å². The van der Waals surface area contributed by atoms with Gasteiger partial charge in [-0.25, -0.2) is 4.98 Å². The number of carbonyl (C=O) groups excluding carboxylic acids is 1. The first-order valence-corrected chi connectivity index (χ1v) is 4.50. The molecule has 0 spiro atoms. The minimum Gasteiger partial charge on any atom is -0.295 e. The van der Waals surface area contributed by atoms with Crippen molar-refractivity contribution in [1.29, 1.82) is 0 Å². The van der Waals surface area contributed by atoms with Crippen LogP contribution in [0.4, 0.5) is 0 Å². The van der Waals surface area contributed by atoms with Gasteiger partial charge in [0.05, 0.1) is 7.85 Å². The Kier molecular flexibility index (Phi) is 2.12. The molecule has 1 unspecified atom stereocenters. The Morgan fingerprint density at radius 2 is 2.38 bits per heavy atom. The van der Waals surface area contributed by atoms with Crippen LogP contribution in [-0.2, 0) is 6.42 Å². The molecule has 1 aromatic rings. The molecule has 1 aliphatic rings. The van der Waals surface area contributed by atoms with E-state index < -0.39 is 0 Å². The highest BCUT2D eigenvalue weighted by molar-refractivity contribution is 6.31. The largest absolute Gasteiger partial charge is 0.295 e. The van der Waals surface area contributed by atoms with Crippen molar-refractivity contribution in [3.63, 3.8) is 0 Å². The monoisotopic (exact) mass is 191 g/mol. The zero-order valence-electron chi connectivity index (χ0n) is 6.96. The minimum atomic E-state index is -0.369. The molecule has 2 nitrogen and oxygen atoms in total. The molecule has 0 saturated carbocycles. The third-order valence-electron chi connectivity index (χ3n) is 2.28. The van der Waals surface area contributed by atoms with Crippen molar-refractivity contribution in [2.75, 3.05) is 0 Å². The zero-order valence-corrected chi connectivity index (χ0v) is 7.71. The van der Waals surface area contributed by atoms with Crippen LogP contribution in [0.25, 0.3) is 0 Å². The average molecular weight is 191 g/mol. The quantitative estimate of drug-likeness (QED) is 0.462. The first kappa shape index (κ1) is 8.76. The molecule has 64 valence electrons. The number of rotatable bonds is 0. The van der Waals surface area contributed by atoms with Crippen molar-refractivity contribution in [3.05, 3.63) is 28.5 Å². The maximum Gasteiger partial charge on any atom is 0.157 e. The maximum absolute atomic E-state index is 11.6. The molecule has 0 fully saturated rings. The summed E-state index contributed by atoms with van der Waals surface area (Å²) in [4.78, 5) is 15.5. The maximum atomic E-state index is 11.6. The van der Waals surface area contributed by atoms with Gasteiger partial charge in [0.15, 0.2) is 5.78 Å². The Balaban J connectivity index is 2.51. The van der Waals surface area contributed by atoms with E-state index in [1.807, 2.05) is 0 Å². The number of Topliss-reactive ketones (excluding diaryl/α,β-unsaturated/α-hetero) is 1. The molecule has 0 aromatic carbocycles. The summed E-state index contributed by atoms with van der Waals surface area (Å²) in [7, 11) is 5.63. The van der Waals surface area contributed by atoms with E-state index in [9.17, 15) is 4.79 Å². The van der Waals surface area contributed by atoms with Gasteiger partial charge in [-0.15, -0.1) is 0 Å². The third kappa shape index (κ3) is 1.48. The lowest BCUT2D eigenvalue weighted by Crippen LogP contribution is -2.18. The number of nitrogens with zero attached hydrogens (tertiary/aromatic N) is 1. The Morgan fingerprint density at radius 3 is 3.15 bits per heavy atom. The lowest BCUT2D eigenvalue weighted by Gasteiger charge is -2.19. The van der Waals surface area contributed by atoms with E-state index in [-0.39, 0.29) is 11.6 Å². The number of aromatic nitrogens is 1. The molecular formula is C9H7BClNO. The number of pyridine rings is 1. The van der Waals surface area contributed by atoms with Gasteiger partial charge < -0.3 is 0 Å². The summed E-state index contributed by atoms with van der Waals surface area (Å²) in [6.45, 7) is 0. The van der Waals surface area contributed by atoms with Crippen LogP contribution < -0.4 is 0 Å². The fourth-order valence-electron chi connectivity index (χ4n) is 1.53. The first-order valence-electron chi connectivity index (χ1n) is 4.12. The summed E-state index contributed by atoms with van der Waals surface area (Å²) in [5.74, 6) is -0.392. The summed E-state index contributed by atoms with van der Waals surface area (Å²) in [5, 5.41) is 0.348. The topological polar surface area (TPSA) is 30.0 Å². The number of fused-ring (bicyclic) bond motifs is 1. The number of hydrogen-bond acceptors (Lipinski definition) is 2. The fraction of sp³-hybridized carbons (Fsp3) is 0.333. The molecule has 0 saturated heterocycles. The third-order valence-corrected chi connectivity index (χ3v) is 2.49. The summed E-state index contributed by atoms with van der Waals surface area (Å²) < 4.78 is 0.